The lowest BCUT2D eigenvalue weighted by Crippen LogP contribution is -1.97. The molecule has 1 aliphatic carbocycles. The fourth-order valence-electron chi connectivity index (χ4n) is 2.19. The highest BCUT2D eigenvalue weighted by atomic mass is 35.7. The van der Waals surface area contributed by atoms with Crippen LogP contribution >= 0.6 is 10.7 Å². The number of halogens is 2. The third kappa shape index (κ3) is 2.01. The summed E-state index contributed by atoms with van der Waals surface area (Å²) in [6.45, 7) is 0.715. The third-order valence-corrected chi connectivity index (χ3v) is 4.57. The molecule has 0 bridgehead atoms. The first kappa shape index (κ1) is 12.0. The van der Waals surface area contributed by atoms with Gasteiger partial charge >= 0.3 is 0 Å². The first-order valence-corrected chi connectivity index (χ1v) is 8.00. The van der Waals surface area contributed by atoms with Crippen molar-refractivity contribution in [3.05, 3.63) is 30.2 Å². The maximum atomic E-state index is 13.8. The molecule has 0 aliphatic heterocycles. The molecule has 1 fully saturated rings. The minimum Gasteiger partial charge on any atom is -0.346 e. The molecule has 0 spiro atoms. The van der Waals surface area contributed by atoms with E-state index in [0.29, 0.717) is 18.0 Å². The summed E-state index contributed by atoms with van der Waals surface area (Å²) in [4.78, 5) is -0.141. The van der Waals surface area contributed by atoms with E-state index in [1.54, 1.807) is 16.7 Å². The monoisotopic (exact) mass is 287 g/mol. The Morgan fingerprint density at radius 2 is 2.11 bits per heavy atom. The van der Waals surface area contributed by atoms with Gasteiger partial charge in [-0.1, -0.05) is 6.07 Å². The van der Waals surface area contributed by atoms with Crippen molar-refractivity contribution in [1.82, 2.24) is 4.57 Å². The van der Waals surface area contributed by atoms with E-state index >= 15 is 0 Å². The summed E-state index contributed by atoms with van der Waals surface area (Å²) in [6, 6.07) is 4.54. The van der Waals surface area contributed by atoms with Crippen molar-refractivity contribution >= 4 is 30.6 Å². The molecular formula is C12H11ClFNO2S. The summed E-state index contributed by atoms with van der Waals surface area (Å²) in [5.41, 5.74) is 0.584. The molecule has 1 heterocycles. The van der Waals surface area contributed by atoms with Gasteiger partial charge in [-0.3, -0.25) is 0 Å². The maximum absolute atomic E-state index is 13.8. The molecule has 96 valence electrons. The number of hydrogen-bond donors (Lipinski definition) is 0. The van der Waals surface area contributed by atoms with Gasteiger partial charge in [-0.25, -0.2) is 12.8 Å². The predicted molar refractivity (Wildman–Crippen MR) is 67.7 cm³/mol. The molecule has 1 aliphatic rings. The van der Waals surface area contributed by atoms with E-state index in [1.165, 1.54) is 12.3 Å². The largest absolute Gasteiger partial charge is 0.346 e. The zero-order valence-corrected chi connectivity index (χ0v) is 11.0. The lowest BCUT2D eigenvalue weighted by molar-refractivity contribution is 0.606. The van der Waals surface area contributed by atoms with E-state index in [2.05, 4.69) is 0 Å². The van der Waals surface area contributed by atoms with Gasteiger partial charge in [0.15, 0.2) is 0 Å². The van der Waals surface area contributed by atoms with Crippen molar-refractivity contribution in [3.8, 4) is 0 Å². The number of aromatic nitrogens is 1. The van der Waals surface area contributed by atoms with Crippen molar-refractivity contribution < 1.29 is 12.8 Å². The molecule has 0 amide bonds. The van der Waals surface area contributed by atoms with Gasteiger partial charge in [-0.15, -0.1) is 0 Å². The molecule has 0 unspecified atom stereocenters. The normalized spacial score (nSPS) is 16.3. The molecule has 18 heavy (non-hydrogen) atoms. The van der Waals surface area contributed by atoms with E-state index in [4.69, 9.17) is 10.7 Å². The Morgan fingerprint density at radius 1 is 1.39 bits per heavy atom. The van der Waals surface area contributed by atoms with Crippen LogP contribution in [0.25, 0.3) is 10.9 Å². The van der Waals surface area contributed by atoms with Gasteiger partial charge in [-0.05, 0) is 30.9 Å². The Kier molecular flexibility index (Phi) is 2.64. The first-order valence-electron chi connectivity index (χ1n) is 5.69. The fourth-order valence-corrected chi connectivity index (χ4v) is 3.24. The summed E-state index contributed by atoms with van der Waals surface area (Å²) >= 11 is 0. The number of fused-ring (bicyclic) bond motifs is 1. The molecule has 0 saturated heterocycles. The van der Waals surface area contributed by atoms with Gasteiger partial charge in [0, 0.05) is 23.4 Å². The van der Waals surface area contributed by atoms with Crippen LogP contribution in [0.2, 0.25) is 0 Å². The van der Waals surface area contributed by atoms with Crippen LogP contribution in [-0.2, 0) is 15.6 Å². The Morgan fingerprint density at radius 3 is 2.72 bits per heavy atom. The average molecular weight is 288 g/mol. The summed E-state index contributed by atoms with van der Waals surface area (Å²) in [7, 11) is 1.43. The average Bonchev–Trinajstić information content (AvgIpc) is 2.99. The standard InChI is InChI=1S/C12H11ClFNO2S/c13-18(16,17)11-7-15(6-8-4-5-8)10-3-1-2-9(14)12(10)11/h1-3,7-8H,4-6H2. The molecule has 0 radical (unpaired) electrons. The highest BCUT2D eigenvalue weighted by molar-refractivity contribution is 8.14. The van der Waals surface area contributed by atoms with E-state index in [-0.39, 0.29) is 10.3 Å². The van der Waals surface area contributed by atoms with Crippen LogP contribution in [0.1, 0.15) is 12.8 Å². The Labute approximate surface area is 109 Å². The molecule has 1 aromatic heterocycles. The number of hydrogen-bond acceptors (Lipinski definition) is 2. The van der Waals surface area contributed by atoms with E-state index in [9.17, 15) is 12.8 Å². The maximum Gasteiger partial charge on any atom is 0.263 e. The van der Waals surface area contributed by atoms with Crippen LogP contribution in [0, 0.1) is 11.7 Å². The van der Waals surface area contributed by atoms with Crippen LogP contribution in [0.15, 0.2) is 29.3 Å². The Bertz CT molecular complexity index is 719. The fraction of sp³-hybridized carbons (Fsp3) is 0.333. The zero-order chi connectivity index (χ0) is 12.9. The molecule has 2 aromatic rings. The third-order valence-electron chi connectivity index (χ3n) is 3.24. The van der Waals surface area contributed by atoms with Crippen molar-refractivity contribution in [2.24, 2.45) is 5.92 Å². The predicted octanol–water partition coefficient (Wildman–Crippen LogP) is 3.12. The van der Waals surface area contributed by atoms with Gasteiger partial charge in [0.05, 0.1) is 10.9 Å². The van der Waals surface area contributed by atoms with E-state index in [0.717, 1.165) is 12.8 Å². The summed E-state index contributed by atoms with van der Waals surface area (Å²) in [5.74, 6) is 0.0102. The smallest absolute Gasteiger partial charge is 0.263 e. The highest BCUT2D eigenvalue weighted by Gasteiger charge is 2.26. The lowest BCUT2D eigenvalue weighted by atomic mass is 10.2. The topological polar surface area (TPSA) is 39.1 Å². The van der Waals surface area contributed by atoms with E-state index < -0.39 is 14.9 Å². The quantitative estimate of drug-likeness (QED) is 0.814. The molecule has 1 aromatic carbocycles. The molecule has 0 atom stereocenters. The minimum absolute atomic E-state index is 0.0909. The SMILES string of the molecule is O=S(=O)(Cl)c1cn(CC2CC2)c2cccc(F)c12. The second kappa shape index (κ2) is 3.96. The van der Waals surface area contributed by atoms with Crippen molar-refractivity contribution in [3.63, 3.8) is 0 Å². The van der Waals surface area contributed by atoms with Crippen LogP contribution < -0.4 is 0 Å². The molecular weight excluding hydrogens is 277 g/mol. The highest BCUT2D eigenvalue weighted by Crippen LogP contribution is 2.35. The molecule has 1 saturated carbocycles. The van der Waals surface area contributed by atoms with Crippen molar-refractivity contribution in [2.45, 2.75) is 24.3 Å². The minimum atomic E-state index is -3.94. The Balaban J connectivity index is 2.28. The number of benzene rings is 1. The number of rotatable bonds is 3. The second-order valence-corrected chi connectivity index (χ2v) is 7.20. The number of nitrogens with zero attached hydrogens (tertiary/aromatic N) is 1. The molecule has 6 heteroatoms. The van der Waals surface area contributed by atoms with Gasteiger partial charge in [0.25, 0.3) is 9.05 Å². The summed E-state index contributed by atoms with van der Waals surface area (Å²) in [6.07, 6.45) is 3.71. The van der Waals surface area contributed by atoms with Crippen LogP contribution in [0.3, 0.4) is 0 Å². The van der Waals surface area contributed by atoms with Crippen molar-refractivity contribution in [2.75, 3.05) is 0 Å². The second-order valence-electron chi connectivity index (χ2n) is 4.66. The lowest BCUT2D eigenvalue weighted by Gasteiger charge is -2.02. The molecule has 3 nitrogen and oxygen atoms in total. The van der Waals surface area contributed by atoms with Gasteiger partial charge in [0.2, 0.25) is 0 Å². The van der Waals surface area contributed by atoms with Gasteiger partial charge in [0.1, 0.15) is 10.7 Å². The van der Waals surface area contributed by atoms with Crippen LogP contribution in [-0.4, -0.2) is 13.0 Å². The van der Waals surface area contributed by atoms with E-state index in [1.807, 2.05) is 0 Å². The zero-order valence-electron chi connectivity index (χ0n) is 9.44. The summed E-state index contributed by atoms with van der Waals surface area (Å²) < 4.78 is 38.6. The van der Waals surface area contributed by atoms with Gasteiger partial charge < -0.3 is 4.57 Å². The summed E-state index contributed by atoms with van der Waals surface area (Å²) in [5, 5.41) is 0.0909. The molecule has 3 rings (SSSR count). The van der Waals surface area contributed by atoms with Crippen molar-refractivity contribution in [1.29, 1.82) is 0 Å². The first-order chi connectivity index (χ1) is 8.47. The Hall–Kier alpha value is -1.07. The van der Waals surface area contributed by atoms with Gasteiger partial charge in [-0.2, -0.15) is 0 Å². The van der Waals surface area contributed by atoms with Crippen LogP contribution in [0.5, 0.6) is 0 Å². The molecule has 0 N–H and O–H groups in total. The van der Waals surface area contributed by atoms with Crippen LogP contribution in [0.4, 0.5) is 4.39 Å².